The maximum atomic E-state index is 12.0. The molecule has 0 radical (unpaired) electrons. The molecule has 0 unspecified atom stereocenters. The topological polar surface area (TPSA) is 47.8 Å². The second-order valence-electron chi connectivity index (χ2n) is 3.02. The van der Waals surface area contributed by atoms with E-state index in [2.05, 4.69) is 25.9 Å². The van der Waals surface area contributed by atoms with Crippen molar-refractivity contribution in [1.29, 1.82) is 0 Å². The van der Waals surface area contributed by atoms with Gasteiger partial charge >= 0.3 is 0 Å². The fraction of sp³-hybridized carbons (Fsp3) is 0.100. The van der Waals surface area contributed by atoms with Crippen molar-refractivity contribution in [3.63, 3.8) is 0 Å². The molecule has 2 rings (SSSR count). The van der Waals surface area contributed by atoms with Gasteiger partial charge in [-0.3, -0.25) is 9.78 Å². The molecule has 0 bridgehead atoms. The van der Waals surface area contributed by atoms with Crippen molar-refractivity contribution < 1.29 is 4.79 Å². The molecule has 2 heterocycles. The summed E-state index contributed by atoms with van der Waals surface area (Å²) in [6.45, 7) is 0. The first-order valence-electron chi connectivity index (χ1n) is 4.32. The fourth-order valence-electron chi connectivity index (χ4n) is 1.24. The van der Waals surface area contributed by atoms with E-state index in [0.29, 0.717) is 16.0 Å². The number of carbonyl (C=O) groups excluding carboxylic acids is 1. The van der Waals surface area contributed by atoms with E-state index in [1.807, 2.05) is 0 Å². The lowest BCUT2D eigenvalue weighted by Gasteiger charge is -2.01. The monoisotopic (exact) mass is 265 g/mol. The third kappa shape index (κ3) is 1.83. The van der Waals surface area contributed by atoms with Gasteiger partial charge in [-0.25, -0.2) is 4.98 Å². The first-order chi connectivity index (χ1) is 7.20. The zero-order chi connectivity index (χ0) is 10.8. The van der Waals surface area contributed by atoms with Gasteiger partial charge < -0.3 is 4.57 Å². The fourth-order valence-corrected chi connectivity index (χ4v) is 1.68. The Morgan fingerprint density at radius 3 is 2.80 bits per heavy atom. The van der Waals surface area contributed by atoms with E-state index in [1.54, 1.807) is 42.3 Å². The largest absolute Gasteiger partial charge is 0.331 e. The number of hydrogen-bond acceptors (Lipinski definition) is 3. The van der Waals surface area contributed by atoms with Crippen LogP contribution in [-0.4, -0.2) is 20.3 Å². The second kappa shape index (κ2) is 3.94. The van der Waals surface area contributed by atoms with E-state index >= 15 is 0 Å². The van der Waals surface area contributed by atoms with Gasteiger partial charge in [0, 0.05) is 30.1 Å². The molecular formula is C10H8BrN3O. The van der Waals surface area contributed by atoms with Crippen LogP contribution in [0.2, 0.25) is 0 Å². The van der Waals surface area contributed by atoms with Crippen LogP contribution in [0.15, 0.2) is 35.2 Å². The van der Waals surface area contributed by atoms with E-state index < -0.39 is 0 Å². The summed E-state index contributed by atoms with van der Waals surface area (Å²) in [6.07, 6.45) is 4.90. The van der Waals surface area contributed by atoms with Gasteiger partial charge in [0.1, 0.15) is 5.69 Å². The predicted octanol–water partition coefficient (Wildman–Crippen LogP) is 1.81. The Labute approximate surface area is 95.1 Å². The molecule has 76 valence electrons. The maximum Gasteiger partial charge on any atom is 0.247 e. The lowest BCUT2D eigenvalue weighted by atomic mass is 10.2. The summed E-state index contributed by atoms with van der Waals surface area (Å²) < 4.78 is 2.35. The average Bonchev–Trinajstić information content (AvgIpc) is 2.64. The number of pyridine rings is 1. The molecule has 0 aliphatic heterocycles. The molecule has 0 fully saturated rings. The Hall–Kier alpha value is -1.49. The smallest absolute Gasteiger partial charge is 0.247 e. The summed E-state index contributed by atoms with van der Waals surface area (Å²) in [7, 11) is 1.77. The molecule has 0 spiro atoms. The summed E-state index contributed by atoms with van der Waals surface area (Å²) in [4.78, 5) is 20.0. The predicted molar refractivity (Wildman–Crippen MR) is 58.6 cm³/mol. The normalized spacial score (nSPS) is 10.3. The van der Waals surface area contributed by atoms with E-state index in [9.17, 15) is 4.79 Å². The number of ketones is 1. The molecule has 0 atom stereocenters. The van der Waals surface area contributed by atoms with Crippen molar-refractivity contribution in [3.8, 4) is 0 Å². The van der Waals surface area contributed by atoms with Crippen molar-refractivity contribution >= 4 is 21.7 Å². The van der Waals surface area contributed by atoms with Gasteiger partial charge in [0.05, 0.1) is 0 Å². The number of aromatic nitrogens is 3. The van der Waals surface area contributed by atoms with Crippen LogP contribution >= 0.6 is 15.9 Å². The third-order valence-corrected chi connectivity index (χ3v) is 2.64. The minimum atomic E-state index is -0.185. The Bertz CT molecular complexity index is 507. The first kappa shape index (κ1) is 10.0. The van der Waals surface area contributed by atoms with Gasteiger partial charge in [-0.2, -0.15) is 0 Å². The van der Waals surface area contributed by atoms with Gasteiger partial charge in [-0.1, -0.05) is 0 Å². The molecule has 2 aromatic heterocycles. The van der Waals surface area contributed by atoms with Crippen molar-refractivity contribution in [2.45, 2.75) is 0 Å². The van der Waals surface area contributed by atoms with Crippen molar-refractivity contribution in [2.24, 2.45) is 7.05 Å². The Kier molecular flexibility index (Phi) is 2.64. The molecule has 2 aromatic rings. The minimum Gasteiger partial charge on any atom is -0.331 e. The third-order valence-electron chi connectivity index (χ3n) is 2.00. The molecule has 5 heteroatoms. The number of hydrogen-bond donors (Lipinski definition) is 0. The van der Waals surface area contributed by atoms with Gasteiger partial charge in [-0.05, 0) is 28.1 Å². The van der Waals surface area contributed by atoms with Crippen molar-refractivity contribution in [2.75, 3.05) is 0 Å². The van der Waals surface area contributed by atoms with Gasteiger partial charge in [-0.15, -0.1) is 0 Å². The van der Waals surface area contributed by atoms with E-state index in [1.165, 1.54) is 0 Å². The lowest BCUT2D eigenvalue weighted by Crippen LogP contribution is -2.10. The van der Waals surface area contributed by atoms with Crippen LogP contribution < -0.4 is 0 Å². The molecule has 15 heavy (non-hydrogen) atoms. The molecule has 0 saturated heterocycles. The van der Waals surface area contributed by atoms with E-state index in [0.717, 1.165) is 0 Å². The number of nitrogens with zero attached hydrogens (tertiary/aromatic N) is 3. The van der Waals surface area contributed by atoms with Crippen LogP contribution in [0.25, 0.3) is 0 Å². The van der Waals surface area contributed by atoms with Crippen LogP contribution in [0.5, 0.6) is 0 Å². The summed E-state index contributed by atoms with van der Waals surface area (Å²) in [6, 6.07) is 3.54. The molecule has 0 amide bonds. The highest BCUT2D eigenvalue weighted by Crippen LogP contribution is 2.16. The number of aryl methyl sites for hydroxylation is 1. The summed E-state index contributed by atoms with van der Waals surface area (Å²) >= 11 is 3.29. The number of halogens is 1. The van der Waals surface area contributed by atoms with Crippen molar-refractivity contribution in [3.05, 3.63) is 46.7 Å². The molecule has 0 saturated carbocycles. The van der Waals surface area contributed by atoms with Gasteiger partial charge in [0.2, 0.25) is 5.78 Å². The molecule has 0 aliphatic rings. The second-order valence-corrected chi connectivity index (χ2v) is 3.88. The Morgan fingerprint density at radius 2 is 2.20 bits per heavy atom. The van der Waals surface area contributed by atoms with Crippen molar-refractivity contribution in [1.82, 2.24) is 14.5 Å². The highest BCUT2D eigenvalue weighted by atomic mass is 79.9. The molecular weight excluding hydrogens is 258 g/mol. The molecule has 0 aromatic carbocycles. The highest BCUT2D eigenvalue weighted by Gasteiger charge is 2.17. The molecule has 0 aliphatic carbocycles. The van der Waals surface area contributed by atoms with Crippen LogP contribution in [0.4, 0.5) is 0 Å². The maximum absolute atomic E-state index is 12.0. The highest BCUT2D eigenvalue weighted by molar-refractivity contribution is 9.10. The quantitative estimate of drug-likeness (QED) is 0.779. The standard InChI is InChI=1S/C10H8BrN3O/c1-14-6-5-13-10(14)9(15)8-7(11)3-2-4-12-8/h2-6H,1H3. The Balaban J connectivity index is 2.46. The lowest BCUT2D eigenvalue weighted by molar-refractivity contribution is 0.102. The molecule has 0 N–H and O–H groups in total. The van der Waals surface area contributed by atoms with Crippen LogP contribution in [0.3, 0.4) is 0 Å². The van der Waals surface area contributed by atoms with Crippen LogP contribution in [0.1, 0.15) is 16.3 Å². The zero-order valence-electron chi connectivity index (χ0n) is 8.01. The minimum absolute atomic E-state index is 0.185. The van der Waals surface area contributed by atoms with Gasteiger partial charge in [0.25, 0.3) is 0 Å². The summed E-state index contributed by atoms with van der Waals surface area (Å²) in [5, 5.41) is 0. The molecule has 4 nitrogen and oxygen atoms in total. The Morgan fingerprint density at radius 1 is 1.40 bits per heavy atom. The average molecular weight is 266 g/mol. The summed E-state index contributed by atoms with van der Waals surface area (Å²) in [5.74, 6) is 0.198. The SMILES string of the molecule is Cn1ccnc1C(=O)c1ncccc1Br. The van der Waals surface area contributed by atoms with Gasteiger partial charge in [0.15, 0.2) is 5.82 Å². The van der Waals surface area contributed by atoms with E-state index in [4.69, 9.17) is 0 Å². The number of imidazole rings is 1. The van der Waals surface area contributed by atoms with E-state index in [-0.39, 0.29) is 5.78 Å². The van der Waals surface area contributed by atoms with Crippen LogP contribution in [-0.2, 0) is 7.05 Å². The zero-order valence-corrected chi connectivity index (χ0v) is 9.60. The number of carbonyl (C=O) groups is 1. The number of rotatable bonds is 2. The summed E-state index contributed by atoms with van der Waals surface area (Å²) in [5.41, 5.74) is 0.381. The van der Waals surface area contributed by atoms with Crippen LogP contribution in [0, 0.1) is 0 Å². The first-order valence-corrected chi connectivity index (χ1v) is 5.12.